The van der Waals surface area contributed by atoms with Gasteiger partial charge < -0.3 is 10.1 Å². The van der Waals surface area contributed by atoms with E-state index in [0.717, 1.165) is 6.54 Å². The molecule has 14 heavy (non-hydrogen) atoms. The largest absolute Gasteiger partial charge is 0.385 e. The normalized spacial score (nSPS) is 10.1. The van der Waals surface area contributed by atoms with Crippen molar-refractivity contribution in [1.29, 1.82) is 0 Å². The molecule has 0 atom stereocenters. The maximum Gasteiger partial charge on any atom is 0.0733 e. The van der Waals surface area contributed by atoms with E-state index in [1.807, 2.05) is 12.1 Å². The monoisotopic (exact) mass is 193 g/mol. The van der Waals surface area contributed by atoms with Crippen molar-refractivity contribution in [2.24, 2.45) is 0 Å². The lowest BCUT2D eigenvalue weighted by Crippen LogP contribution is -2.04. The minimum atomic E-state index is 0.676. The zero-order valence-electron chi connectivity index (χ0n) is 9.05. The Hall–Kier alpha value is -1.02. The molecule has 78 valence electrons. The predicted molar refractivity (Wildman–Crippen MR) is 60.6 cm³/mol. The van der Waals surface area contributed by atoms with E-state index < -0.39 is 0 Å². The summed E-state index contributed by atoms with van der Waals surface area (Å²) in [4.78, 5) is 0. The van der Waals surface area contributed by atoms with Crippen LogP contribution in [0.25, 0.3) is 0 Å². The van der Waals surface area contributed by atoms with Crippen LogP contribution in [0.5, 0.6) is 0 Å². The molecule has 1 rings (SSSR count). The summed E-state index contributed by atoms with van der Waals surface area (Å²) in [5, 5.41) is 3.42. The molecule has 2 nitrogen and oxygen atoms in total. The highest BCUT2D eigenvalue weighted by Gasteiger charge is 1.99. The molecule has 0 fully saturated rings. The number of methoxy groups -OCH3 is 1. The van der Waals surface area contributed by atoms with E-state index in [9.17, 15) is 0 Å². The Bertz CT molecular complexity index is 260. The molecule has 0 spiro atoms. The van der Waals surface area contributed by atoms with Crippen LogP contribution in [0, 0.1) is 0 Å². The fourth-order valence-electron chi connectivity index (χ4n) is 1.37. The standard InChI is InChI=1S/C12H19NO/c1-3-4-9-13-12-8-6-5-7-11(12)10-14-2/h5-8,13H,3-4,9-10H2,1-2H3. The lowest BCUT2D eigenvalue weighted by Gasteiger charge is -2.10. The maximum absolute atomic E-state index is 5.13. The third-order valence-electron chi connectivity index (χ3n) is 2.16. The molecular formula is C12H19NO. The molecule has 2 heteroatoms. The number of unbranched alkanes of at least 4 members (excludes halogenated alkanes) is 1. The number of anilines is 1. The molecule has 0 unspecified atom stereocenters. The first-order valence-corrected chi connectivity index (χ1v) is 5.19. The Kier molecular flexibility index (Phi) is 5.08. The van der Waals surface area contributed by atoms with Crippen molar-refractivity contribution in [2.45, 2.75) is 26.4 Å². The van der Waals surface area contributed by atoms with E-state index >= 15 is 0 Å². The lowest BCUT2D eigenvalue weighted by atomic mass is 10.2. The smallest absolute Gasteiger partial charge is 0.0733 e. The van der Waals surface area contributed by atoms with Gasteiger partial charge in [-0.15, -0.1) is 0 Å². The first kappa shape index (κ1) is 11.1. The zero-order chi connectivity index (χ0) is 10.2. The van der Waals surface area contributed by atoms with Crippen LogP contribution in [-0.4, -0.2) is 13.7 Å². The van der Waals surface area contributed by atoms with E-state index in [1.54, 1.807) is 7.11 Å². The second kappa shape index (κ2) is 6.44. The topological polar surface area (TPSA) is 21.3 Å². The van der Waals surface area contributed by atoms with Crippen LogP contribution in [0.4, 0.5) is 5.69 Å². The van der Waals surface area contributed by atoms with Gasteiger partial charge >= 0.3 is 0 Å². The number of hydrogen-bond donors (Lipinski definition) is 1. The first-order valence-electron chi connectivity index (χ1n) is 5.19. The van der Waals surface area contributed by atoms with Gasteiger partial charge in [0.05, 0.1) is 6.61 Å². The summed E-state index contributed by atoms with van der Waals surface area (Å²) < 4.78 is 5.13. The molecule has 0 aliphatic rings. The van der Waals surface area contributed by atoms with Crippen molar-refractivity contribution in [3.05, 3.63) is 29.8 Å². The van der Waals surface area contributed by atoms with Crippen molar-refractivity contribution < 1.29 is 4.74 Å². The third kappa shape index (κ3) is 3.38. The molecule has 1 N–H and O–H groups in total. The maximum atomic E-state index is 5.13. The minimum absolute atomic E-state index is 0.676. The van der Waals surface area contributed by atoms with Crippen molar-refractivity contribution in [3.8, 4) is 0 Å². The van der Waals surface area contributed by atoms with Crippen molar-refractivity contribution >= 4 is 5.69 Å². The van der Waals surface area contributed by atoms with Gasteiger partial charge in [-0.3, -0.25) is 0 Å². The summed E-state index contributed by atoms with van der Waals surface area (Å²) >= 11 is 0. The van der Waals surface area contributed by atoms with Crippen molar-refractivity contribution in [3.63, 3.8) is 0 Å². The molecule has 0 radical (unpaired) electrons. The lowest BCUT2D eigenvalue weighted by molar-refractivity contribution is 0.185. The summed E-state index contributed by atoms with van der Waals surface area (Å²) in [5.41, 5.74) is 2.42. The van der Waals surface area contributed by atoms with E-state index in [1.165, 1.54) is 24.1 Å². The van der Waals surface area contributed by atoms with Gasteiger partial charge in [-0.1, -0.05) is 31.5 Å². The Morgan fingerprint density at radius 2 is 2.07 bits per heavy atom. The van der Waals surface area contributed by atoms with Gasteiger partial charge in [0.2, 0.25) is 0 Å². The summed E-state index contributed by atoms with van der Waals surface area (Å²) in [5.74, 6) is 0. The number of ether oxygens (including phenoxy) is 1. The Morgan fingerprint density at radius 1 is 1.29 bits per heavy atom. The highest BCUT2D eigenvalue weighted by Crippen LogP contribution is 2.15. The van der Waals surface area contributed by atoms with E-state index in [-0.39, 0.29) is 0 Å². The van der Waals surface area contributed by atoms with E-state index in [2.05, 4.69) is 24.4 Å². The molecule has 0 aromatic heterocycles. The summed E-state index contributed by atoms with van der Waals surface area (Å²) in [6, 6.07) is 8.29. The zero-order valence-corrected chi connectivity index (χ0v) is 9.05. The Morgan fingerprint density at radius 3 is 2.79 bits per heavy atom. The average Bonchev–Trinajstić information content (AvgIpc) is 2.21. The van der Waals surface area contributed by atoms with E-state index in [0.29, 0.717) is 6.61 Å². The molecular weight excluding hydrogens is 174 g/mol. The molecule has 0 bridgehead atoms. The highest BCUT2D eigenvalue weighted by molar-refractivity contribution is 5.50. The Labute approximate surface area is 86.3 Å². The summed E-state index contributed by atoms with van der Waals surface area (Å²) in [6.45, 7) is 3.91. The van der Waals surface area contributed by atoms with Crippen LogP contribution in [-0.2, 0) is 11.3 Å². The van der Waals surface area contributed by atoms with Crippen LogP contribution in [0.1, 0.15) is 25.3 Å². The second-order valence-electron chi connectivity index (χ2n) is 3.37. The molecule has 0 amide bonds. The van der Waals surface area contributed by atoms with Gasteiger partial charge in [-0.05, 0) is 12.5 Å². The molecule has 1 aromatic rings. The summed E-state index contributed by atoms with van der Waals surface area (Å²) in [7, 11) is 1.73. The van der Waals surface area contributed by atoms with Crippen LogP contribution < -0.4 is 5.32 Å². The molecule has 0 saturated heterocycles. The minimum Gasteiger partial charge on any atom is -0.385 e. The van der Waals surface area contributed by atoms with Crippen LogP contribution >= 0.6 is 0 Å². The Balaban J connectivity index is 2.55. The third-order valence-corrected chi connectivity index (χ3v) is 2.16. The average molecular weight is 193 g/mol. The fraction of sp³-hybridized carbons (Fsp3) is 0.500. The second-order valence-corrected chi connectivity index (χ2v) is 3.37. The first-order chi connectivity index (χ1) is 6.88. The predicted octanol–water partition coefficient (Wildman–Crippen LogP) is 3.05. The molecule has 0 heterocycles. The summed E-state index contributed by atoms with van der Waals surface area (Å²) in [6.07, 6.45) is 2.43. The van der Waals surface area contributed by atoms with Crippen LogP contribution in [0.15, 0.2) is 24.3 Å². The number of para-hydroxylation sites is 1. The van der Waals surface area contributed by atoms with Gasteiger partial charge in [0, 0.05) is 24.9 Å². The van der Waals surface area contributed by atoms with Crippen molar-refractivity contribution in [2.75, 3.05) is 19.0 Å². The number of rotatable bonds is 6. The molecule has 0 aliphatic carbocycles. The number of hydrogen-bond acceptors (Lipinski definition) is 2. The van der Waals surface area contributed by atoms with Crippen molar-refractivity contribution in [1.82, 2.24) is 0 Å². The van der Waals surface area contributed by atoms with Gasteiger partial charge in [0.15, 0.2) is 0 Å². The van der Waals surface area contributed by atoms with Gasteiger partial charge in [0.1, 0.15) is 0 Å². The van der Waals surface area contributed by atoms with Gasteiger partial charge in [-0.25, -0.2) is 0 Å². The van der Waals surface area contributed by atoms with Gasteiger partial charge in [0.25, 0.3) is 0 Å². The quantitative estimate of drug-likeness (QED) is 0.701. The number of benzene rings is 1. The highest BCUT2D eigenvalue weighted by atomic mass is 16.5. The number of nitrogens with one attached hydrogen (secondary N) is 1. The van der Waals surface area contributed by atoms with Gasteiger partial charge in [-0.2, -0.15) is 0 Å². The fourth-order valence-corrected chi connectivity index (χ4v) is 1.37. The molecule has 1 aromatic carbocycles. The van der Waals surface area contributed by atoms with Crippen LogP contribution in [0.2, 0.25) is 0 Å². The molecule has 0 aliphatic heterocycles. The van der Waals surface area contributed by atoms with Crippen LogP contribution in [0.3, 0.4) is 0 Å². The SMILES string of the molecule is CCCCNc1ccccc1COC. The molecule has 0 saturated carbocycles. The van der Waals surface area contributed by atoms with E-state index in [4.69, 9.17) is 4.74 Å².